The van der Waals surface area contributed by atoms with Crippen LogP contribution in [0.15, 0.2) is 0 Å². The Hall–Kier alpha value is -0.570. The highest BCUT2D eigenvalue weighted by atomic mass is 16.1. The lowest BCUT2D eigenvalue weighted by Gasteiger charge is -2.17. The third-order valence-corrected chi connectivity index (χ3v) is 2.75. The van der Waals surface area contributed by atoms with Crippen molar-refractivity contribution in [3.63, 3.8) is 0 Å². The van der Waals surface area contributed by atoms with E-state index in [1.165, 1.54) is 0 Å². The number of carbonyl (C=O) groups is 1. The molecule has 90 valence electrons. The molecule has 0 aliphatic carbocycles. The Labute approximate surface area is 93.8 Å². The van der Waals surface area contributed by atoms with Crippen LogP contribution in [0.25, 0.3) is 0 Å². The van der Waals surface area contributed by atoms with E-state index in [-0.39, 0.29) is 11.9 Å². The molecule has 0 saturated carbocycles. The minimum absolute atomic E-state index is 0.184. The number of nitrogens with two attached hydrogens (primary N) is 1. The Kier molecular flexibility index (Phi) is 8.38. The number of hydrogen-bond acceptors (Lipinski definition) is 2. The van der Waals surface area contributed by atoms with Crippen LogP contribution in [0, 0.1) is 5.92 Å². The van der Waals surface area contributed by atoms with Gasteiger partial charge in [0.15, 0.2) is 0 Å². The Balaban J connectivity index is 3.41. The maximum Gasteiger partial charge on any atom is 0.220 e. The molecule has 3 heteroatoms. The van der Waals surface area contributed by atoms with E-state index in [9.17, 15) is 4.79 Å². The van der Waals surface area contributed by atoms with Gasteiger partial charge >= 0.3 is 0 Å². The fraction of sp³-hybridized carbons (Fsp3) is 0.917. The van der Waals surface area contributed by atoms with Gasteiger partial charge in [-0.15, -0.1) is 0 Å². The minimum Gasteiger partial charge on any atom is -0.353 e. The lowest BCUT2D eigenvalue weighted by atomic mass is 10.1. The van der Waals surface area contributed by atoms with Crippen molar-refractivity contribution in [3.05, 3.63) is 0 Å². The van der Waals surface area contributed by atoms with Crippen molar-refractivity contribution in [2.45, 2.75) is 58.9 Å². The fourth-order valence-electron chi connectivity index (χ4n) is 1.28. The van der Waals surface area contributed by atoms with Crippen molar-refractivity contribution in [2.24, 2.45) is 11.7 Å². The molecule has 0 aromatic heterocycles. The SMILES string of the molecule is CC(C)C(C)NC(=O)CCCCCCN. The molecule has 0 rings (SSSR count). The molecular weight excluding hydrogens is 188 g/mol. The van der Waals surface area contributed by atoms with Crippen LogP contribution >= 0.6 is 0 Å². The molecule has 0 spiro atoms. The molecule has 15 heavy (non-hydrogen) atoms. The predicted octanol–water partition coefficient (Wildman–Crippen LogP) is 2.06. The van der Waals surface area contributed by atoms with Crippen LogP contribution in [-0.2, 0) is 4.79 Å². The van der Waals surface area contributed by atoms with Crippen LogP contribution in [0.1, 0.15) is 52.9 Å². The second kappa shape index (κ2) is 8.72. The van der Waals surface area contributed by atoms with Crippen LogP contribution in [0.2, 0.25) is 0 Å². The van der Waals surface area contributed by atoms with E-state index >= 15 is 0 Å². The van der Waals surface area contributed by atoms with Crippen LogP contribution in [-0.4, -0.2) is 18.5 Å². The monoisotopic (exact) mass is 214 g/mol. The predicted molar refractivity (Wildman–Crippen MR) is 64.6 cm³/mol. The van der Waals surface area contributed by atoms with E-state index in [1.54, 1.807) is 0 Å². The lowest BCUT2D eigenvalue weighted by Crippen LogP contribution is -2.35. The van der Waals surface area contributed by atoms with Crippen molar-refractivity contribution >= 4 is 5.91 Å². The molecule has 1 atom stereocenters. The molecule has 0 heterocycles. The summed E-state index contributed by atoms with van der Waals surface area (Å²) in [6.07, 6.45) is 4.96. The Morgan fingerprint density at radius 3 is 2.27 bits per heavy atom. The summed E-state index contributed by atoms with van der Waals surface area (Å²) in [4.78, 5) is 11.5. The summed E-state index contributed by atoms with van der Waals surface area (Å²) >= 11 is 0. The van der Waals surface area contributed by atoms with Gasteiger partial charge in [-0.3, -0.25) is 4.79 Å². The average molecular weight is 214 g/mol. The van der Waals surface area contributed by atoms with Gasteiger partial charge in [0.05, 0.1) is 0 Å². The largest absolute Gasteiger partial charge is 0.353 e. The fourth-order valence-corrected chi connectivity index (χ4v) is 1.28. The first-order valence-corrected chi connectivity index (χ1v) is 6.07. The van der Waals surface area contributed by atoms with Crippen molar-refractivity contribution in [2.75, 3.05) is 6.54 Å². The number of unbranched alkanes of at least 4 members (excludes halogenated alkanes) is 3. The minimum atomic E-state index is 0.184. The third-order valence-electron chi connectivity index (χ3n) is 2.75. The normalized spacial score (nSPS) is 12.9. The van der Waals surface area contributed by atoms with Gasteiger partial charge in [0.1, 0.15) is 0 Å². The smallest absolute Gasteiger partial charge is 0.220 e. The van der Waals surface area contributed by atoms with Crippen LogP contribution in [0.4, 0.5) is 0 Å². The van der Waals surface area contributed by atoms with E-state index in [0.29, 0.717) is 12.3 Å². The van der Waals surface area contributed by atoms with Crippen molar-refractivity contribution < 1.29 is 4.79 Å². The molecule has 0 radical (unpaired) electrons. The molecule has 3 N–H and O–H groups in total. The molecule has 0 saturated heterocycles. The van der Waals surface area contributed by atoms with Gasteiger partial charge in [-0.2, -0.15) is 0 Å². The summed E-state index contributed by atoms with van der Waals surface area (Å²) < 4.78 is 0. The van der Waals surface area contributed by atoms with Gasteiger partial charge in [-0.1, -0.05) is 26.7 Å². The number of nitrogens with one attached hydrogen (secondary N) is 1. The summed E-state index contributed by atoms with van der Waals surface area (Å²) in [5.74, 6) is 0.690. The van der Waals surface area contributed by atoms with Gasteiger partial charge in [0, 0.05) is 12.5 Å². The van der Waals surface area contributed by atoms with E-state index in [0.717, 1.165) is 32.2 Å². The number of hydrogen-bond donors (Lipinski definition) is 2. The quantitative estimate of drug-likeness (QED) is 0.608. The summed E-state index contributed by atoms with van der Waals surface area (Å²) in [5, 5.41) is 3.01. The van der Waals surface area contributed by atoms with E-state index < -0.39 is 0 Å². The molecule has 1 unspecified atom stereocenters. The number of rotatable bonds is 8. The summed E-state index contributed by atoms with van der Waals surface area (Å²) in [5.41, 5.74) is 5.39. The van der Waals surface area contributed by atoms with Crippen molar-refractivity contribution in [3.8, 4) is 0 Å². The zero-order valence-corrected chi connectivity index (χ0v) is 10.4. The topological polar surface area (TPSA) is 55.1 Å². The van der Waals surface area contributed by atoms with Crippen LogP contribution < -0.4 is 11.1 Å². The second-order valence-corrected chi connectivity index (χ2v) is 4.55. The van der Waals surface area contributed by atoms with Crippen molar-refractivity contribution in [1.29, 1.82) is 0 Å². The average Bonchev–Trinajstić information content (AvgIpc) is 2.17. The molecule has 0 aromatic carbocycles. The molecule has 0 aliphatic rings. The molecular formula is C12H26N2O. The lowest BCUT2D eigenvalue weighted by molar-refractivity contribution is -0.122. The summed E-state index contributed by atoms with van der Waals surface area (Å²) in [6.45, 7) is 7.05. The molecule has 0 bridgehead atoms. The maximum absolute atomic E-state index is 11.5. The van der Waals surface area contributed by atoms with E-state index in [2.05, 4.69) is 26.1 Å². The first-order valence-electron chi connectivity index (χ1n) is 6.07. The van der Waals surface area contributed by atoms with Gasteiger partial charge in [-0.25, -0.2) is 0 Å². The molecule has 0 aliphatic heterocycles. The van der Waals surface area contributed by atoms with Crippen molar-refractivity contribution in [1.82, 2.24) is 5.32 Å². The molecule has 0 aromatic rings. The third kappa shape index (κ3) is 8.43. The molecule has 1 amide bonds. The number of amides is 1. The van der Waals surface area contributed by atoms with E-state index in [4.69, 9.17) is 5.73 Å². The standard InChI is InChI=1S/C12H26N2O/c1-10(2)11(3)14-12(15)8-6-4-5-7-9-13/h10-11H,4-9,13H2,1-3H3,(H,14,15). The maximum atomic E-state index is 11.5. The Bertz CT molecular complexity index is 169. The highest BCUT2D eigenvalue weighted by Gasteiger charge is 2.09. The number of carbonyl (C=O) groups excluding carboxylic acids is 1. The highest BCUT2D eigenvalue weighted by molar-refractivity contribution is 5.76. The first kappa shape index (κ1) is 14.4. The second-order valence-electron chi connectivity index (χ2n) is 4.55. The van der Waals surface area contributed by atoms with Gasteiger partial charge in [-0.05, 0) is 32.2 Å². The summed E-state index contributed by atoms with van der Waals surface area (Å²) in [7, 11) is 0. The Morgan fingerprint density at radius 1 is 1.13 bits per heavy atom. The highest BCUT2D eigenvalue weighted by Crippen LogP contribution is 2.04. The molecule has 3 nitrogen and oxygen atoms in total. The zero-order chi connectivity index (χ0) is 11.7. The van der Waals surface area contributed by atoms with Gasteiger partial charge < -0.3 is 11.1 Å². The van der Waals surface area contributed by atoms with Gasteiger partial charge in [0.25, 0.3) is 0 Å². The van der Waals surface area contributed by atoms with E-state index in [1.807, 2.05) is 0 Å². The van der Waals surface area contributed by atoms with Crippen LogP contribution in [0.5, 0.6) is 0 Å². The first-order chi connectivity index (χ1) is 7.07. The van der Waals surface area contributed by atoms with Crippen LogP contribution in [0.3, 0.4) is 0 Å². The zero-order valence-electron chi connectivity index (χ0n) is 10.4. The molecule has 0 fully saturated rings. The van der Waals surface area contributed by atoms with Gasteiger partial charge in [0.2, 0.25) is 5.91 Å². The Morgan fingerprint density at radius 2 is 1.73 bits per heavy atom. The summed E-state index contributed by atoms with van der Waals surface area (Å²) in [6, 6.07) is 0.279.